The lowest BCUT2D eigenvalue weighted by Crippen LogP contribution is -2.30. The summed E-state index contributed by atoms with van der Waals surface area (Å²) in [6, 6.07) is 13.5. The van der Waals surface area contributed by atoms with Gasteiger partial charge in [-0.2, -0.15) is 0 Å². The van der Waals surface area contributed by atoms with E-state index in [2.05, 4.69) is 15.6 Å². The van der Waals surface area contributed by atoms with Crippen molar-refractivity contribution in [1.82, 2.24) is 10.3 Å². The van der Waals surface area contributed by atoms with Crippen molar-refractivity contribution in [2.75, 3.05) is 19.0 Å². The largest absolute Gasteiger partial charge is 0.496 e. The third-order valence-corrected chi connectivity index (χ3v) is 4.27. The second kappa shape index (κ2) is 8.69. The fraction of sp³-hybridized carbons (Fsp3) is 0.158. The molecule has 0 saturated heterocycles. The molecule has 0 spiro atoms. The van der Waals surface area contributed by atoms with Gasteiger partial charge in [-0.25, -0.2) is 4.98 Å². The van der Waals surface area contributed by atoms with E-state index in [-0.39, 0.29) is 0 Å². The predicted octanol–water partition coefficient (Wildman–Crippen LogP) is 4.53. The Kier molecular flexibility index (Phi) is 6.09. The van der Waals surface area contributed by atoms with Crippen molar-refractivity contribution >= 4 is 34.6 Å². The summed E-state index contributed by atoms with van der Waals surface area (Å²) in [5.74, 6) is 1.33. The Bertz CT molecular complexity index is 867. The highest BCUT2D eigenvalue weighted by Crippen LogP contribution is 2.32. The zero-order chi connectivity index (χ0) is 18.4. The number of thiocarbonyl (C=S) groups is 1. The Morgan fingerprint density at radius 2 is 2.04 bits per heavy atom. The molecule has 0 amide bonds. The summed E-state index contributed by atoms with van der Waals surface area (Å²) in [7, 11) is 1.61. The van der Waals surface area contributed by atoms with Crippen molar-refractivity contribution in [3.63, 3.8) is 0 Å². The Morgan fingerprint density at radius 3 is 2.73 bits per heavy atom. The molecule has 134 valence electrons. The molecule has 0 bridgehead atoms. The van der Waals surface area contributed by atoms with Gasteiger partial charge in [0.05, 0.1) is 18.9 Å². The quantitative estimate of drug-likeness (QED) is 0.606. The Hall–Kier alpha value is -2.57. The van der Waals surface area contributed by atoms with Gasteiger partial charge in [0.2, 0.25) is 0 Å². The SMILES string of the molecule is COc1cc(NC(=S)NCCc2ccc(Cl)cc2)ccc1-c1cnco1. The maximum Gasteiger partial charge on any atom is 0.181 e. The summed E-state index contributed by atoms with van der Waals surface area (Å²) in [4.78, 5) is 3.93. The van der Waals surface area contributed by atoms with Crippen molar-refractivity contribution in [1.29, 1.82) is 0 Å². The van der Waals surface area contributed by atoms with Crippen molar-refractivity contribution < 1.29 is 9.15 Å². The molecule has 0 aliphatic rings. The Balaban J connectivity index is 1.56. The fourth-order valence-corrected chi connectivity index (χ4v) is 2.81. The van der Waals surface area contributed by atoms with E-state index in [1.807, 2.05) is 42.5 Å². The minimum Gasteiger partial charge on any atom is -0.496 e. The van der Waals surface area contributed by atoms with Crippen molar-refractivity contribution in [2.45, 2.75) is 6.42 Å². The van der Waals surface area contributed by atoms with Crippen LogP contribution in [0, 0.1) is 0 Å². The second-order valence-corrected chi connectivity index (χ2v) is 6.38. The number of aromatic nitrogens is 1. The highest BCUT2D eigenvalue weighted by Gasteiger charge is 2.10. The molecule has 0 radical (unpaired) electrons. The molecular formula is C19H18ClN3O2S. The molecule has 0 atom stereocenters. The smallest absolute Gasteiger partial charge is 0.181 e. The molecule has 1 heterocycles. The van der Waals surface area contributed by atoms with Gasteiger partial charge in [0.25, 0.3) is 0 Å². The van der Waals surface area contributed by atoms with Crippen LogP contribution in [0.25, 0.3) is 11.3 Å². The third kappa shape index (κ3) is 4.74. The van der Waals surface area contributed by atoms with Gasteiger partial charge in [0.15, 0.2) is 17.3 Å². The standard InChI is InChI=1S/C19H18ClN3O2S/c1-24-17-10-15(6-7-16(17)18-11-21-12-25-18)23-19(26)22-9-8-13-2-4-14(20)5-3-13/h2-7,10-12H,8-9H2,1H3,(H2,22,23,26). The van der Waals surface area contributed by atoms with Gasteiger partial charge in [0, 0.05) is 23.3 Å². The third-order valence-electron chi connectivity index (χ3n) is 3.77. The van der Waals surface area contributed by atoms with Gasteiger partial charge in [-0.1, -0.05) is 23.7 Å². The summed E-state index contributed by atoms with van der Waals surface area (Å²) in [5, 5.41) is 7.64. The lowest BCUT2D eigenvalue weighted by molar-refractivity contribution is 0.415. The molecule has 3 aromatic rings. The van der Waals surface area contributed by atoms with E-state index >= 15 is 0 Å². The molecule has 1 aromatic heterocycles. The van der Waals surface area contributed by atoms with Gasteiger partial charge in [0.1, 0.15) is 5.75 Å². The molecule has 0 aliphatic carbocycles. The van der Waals surface area contributed by atoms with Crippen LogP contribution in [0.5, 0.6) is 5.75 Å². The van der Waals surface area contributed by atoms with Gasteiger partial charge < -0.3 is 19.8 Å². The lowest BCUT2D eigenvalue weighted by atomic mass is 10.1. The molecule has 0 saturated carbocycles. The number of benzene rings is 2. The van der Waals surface area contributed by atoms with Crippen LogP contribution in [-0.2, 0) is 6.42 Å². The summed E-state index contributed by atoms with van der Waals surface area (Å²) < 4.78 is 10.8. The molecule has 7 heteroatoms. The van der Waals surface area contributed by atoms with Gasteiger partial charge in [-0.3, -0.25) is 0 Å². The van der Waals surface area contributed by atoms with E-state index in [0.29, 0.717) is 16.6 Å². The van der Waals surface area contributed by atoms with Crippen molar-refractivity contribution in [3.05, 3.63) is 65.6 Å². The van der Waals surface area contributed by atoms with Crippen molar-refractivity contribution in [2.24, 2.45) is 0 Å². The number of hydrogen-bond acceptors (Lipinski definition) is 4. The second-order valence-electron chi connectivity index (χ2n) is 5.54. The average molecular weight is 388 g/mol. The number of nitrogens with one attached hydrogen (secondary N) is 2. The Morgan fingerprint density at radius 1 is 1.23 bits per heavy atom. The number of hydrogen-bond donors (Lipinski definition) is 2. The van der Waals surface area contributed by atoms with Crippen LogP contribution in [0.15, 0.2) is 59.5 Å². The first-order valence-electron chi connectivity index (χ1n) is 8.02. The van der Waals surface area contributed by atoms with Crippen LogP contribution in [0.4, 0.5) is 5.69 Å². The van der Waals surface area contributed by atoms with E-state index in [0.717, 1.165) is 29.2 Å². The first kappa shape index (κ1) is 18.2. The molecule has 0 aliphatic heterocycles. The molecular weight excluding hydrogens is 370 g/mol. The average Bonchev–Trinajstić information content (AvgIpc) is 3.17. The first-order valence-corrected chi connectivity index (χ1v) is 8.80. The van der Waals surface area contributed by atoms with Crippen molar-refractivity contribution in [3.8, 4) is 17.1 Å². The topological polar surface area (TPSA) is 59.3 Å². The highest BCUT2D eigenvalue weighted by atomic mass is 35.5. The number of ether oxygens (including phenoxy) is 1. The summed E-state index contributed by atoms with van der Waals surface area (Å²) in [6.45, 7) is 0.723. The maximum atomic E-state index is 5.89. The molecule has 26 heavy (non-hydrogen) atoms. The van der Waals surface area contributed by atoms with Crippen LogP contribution in [-0.4, -0.2) is 23.8 Å². The number of oxazole rings is 1. The van der Waals surface area contributed by atoms with Crippen LogP contribution < -0.4 is 15.4 Å². The van der Waals surface area contributed by atoms with Crippen LogP contribution >= 0.6 is 23.8 Å². The fourth-order valence-electron chi connectivity index (χ4n) is 2.47. The molecule has 2 N–H and O–H groups in total. The summed E-state index contributed by atoms with van der Waals surface area (Å²) >= 11 is 11.2. The molecule has 0 unspecified atom stereocenters. The van der Waals surface area contributed by atoms with Crippen LogP contribution in [0.3, 0.4) is 0 Å². The monoisotopic (exact) mass is 387 g/mol. The zero-order valence-corrected chi connectivity index (χ0v) is 15.7. The lowest BCUT2D eigenvalue weighted by Gasteiger charge is -2.13. The highest BCUT2D eigenvalue weighted by molar-refractivity contribution is 7.80. The minimum absolute atomic E-state index is 0.549. The van der Waals surface area contributed by atoms with E-state index in [1.165, 1.54) is 12.0 Å². The van der Waals surface area contributed by atoms with E-state index in [1.54, 1.807) is 13.3 Å². The summed E-state index contributed by atoms with van der Waals surface area (Å²) in [5.41, 5.74) is 2.86. The minimum atomic E-state index is 0.549. The number of halogens is 1. The zero-order valence-electron chi connectivity index (χ0n) is 14.2. The normalized spacial score (nSPS) is 10.4. The van der Waals surface area contributed by atoms with Gasteiger partial charge in [-0.15, -0.1) is 0 Å². The number of nitrogens with zero attached hydrogens (tertiary/aromatic N) is 1. The summed E-state index contributed by atoms with van der Waals surface area (Å²) in [6.07, 6.45) is 3.89. The molecule has 2 aromatic carbocycles. The number of rotatable bonds is 6. The van der Waals surface area contributed by atoms with Crippen LogP contribution in [0.2, 0.25) is 5.02 Å². The van der Waals surface area contributed by atoms with E-state index in [9.17, 15) is 0 Å². The molecule has 0 fully saturated rings. The van der Waals surface area contributed by atoms with E-state index in [4.69, 9.17) is 33.0 Å². The maximum absolute atomic E-state index is 5.89. The van der Waals surface area contributed by atoms with Gasteiger partial charge >= 0.3 is 0 Å². The number of methoxy groups -OCH3 is 1. The van der Waals surface area contributed by atoms with Crippen LogP contribution in [0.1, 0.15) is 5.56 Å². The molecule has 5 nitrogen and oxygen atoms in total. The number of anilines is 1. The first-order chi connectivity index (χ1) is 12.7. The predicted molar refractivity (Wildman–Crippen MR) is 108 cm³/mol. The Labute approximate surface area is 162 Å². The van der Waals surface area contributed by atoms with E-state index < -0.39 is 0 Å². The molecule has 3 rings (SSSR count). The van der Waals surface area contributed by atoms with Gasteiger partial charge in [-0.05, 0) is 48.5 Å².